The maximum Gasteiger partial charge on any atom is 0.165 e. The van der Waals surface area contributed by atoms with Gasteiger partial charge < -0.3 is 4.90 Å². The monoisotopic (exact) mass is 275 g/mol. The van der Waals surface area contributed by atoms with Crippen LogP contribution in [-0.2, 0) is 0 Å². The molecule has 1 aliphatic rings. The summed E-state index contributed by atoms with van der Waals surface area (Å²) in [6.07, 6.45) is 1.51. The van der Waals surface area contributed by atoms with Crippen molar-refractivity contribution in [1.29, 1.82) is 0 Å². The molecule has 3 rings (SSSR count). The first-order valence-electron chi connectivity index (χ1n) is 7.26. The molecule has 2 heteroatoms. The van der Waals surface area contributed by atoms with Gasteiger partial charge in [-0.1, -0.05) is 42.2 Å². The molecule has 1 heterocycles. The van der Waals surface area contributed by atoms with Crippen LogP contribution in [0.2, 0.25) is 0 Å². The average Bonchev–Trinajstić information content (AvgIpc) is 2.69. The zero-order valence-electron chi connectivity index (χ0n) is 11.9. The Balaban J connectivity index is 1.81. The average molecular weight is 275 g/mol. The Bertz CT molecular complexity index is 694. The third kappa shape index (κ3) is 3.14. The summed E-state index contributed by atoms with van der Waals surface area (Å²) in [7, 11) is 0. The summed E-state index contributed by atoms with van der Waals surface area (Å²) in [6.45, 7) is 1.53. The van der Waals surface area contributed by atoms with E-state index in [0.29, 0.717) is 13.0 Å². The van der Waals surface area contributed by atoms with E-state index >= 15 is 0 Å². The summed E-state index contributed by atoms with van der Waals surface area (Å²) in [4.78, 5) is 14.3. The number of rotatable bonds is 1. The zero-order chi connectivity index (χ0) is 14.5. The van der Waals surface area contributed by atoms with Gasteiger partial charge in [0, 0.05) is 29.8 Å². The number of benzene rings is 2. The zero-order valence-corrected chi connectivity index (χ0v) is 11.9. The Morgan fingerprint density at radius 1 is 1.00 bits per heavy atom. The van der Waals surface area contributed by atoms with Crippen LogP contribution in [0.5, 0.6) is 0 Å². The molecule has 2 nitrogen and oxygen atoms in total. The van der Waals surface area contributed by atoms with E-state index in [9.17, 15) is 4.79 Å². The summed E-state index contributed by atoms with van der Waals surface area (Å²) in [5, 5.41) is 0. The Labute approximate surface area is 125 Å². The normalized spacial score (nSPS) is 13.9. The Hall–Kier alpha value is -2.53. The van der Waals surface area contributed by atoms with Gasteiger partial charge >= 0.3 is 0 Å². The Kier molecular flexibility index (Phi) is 4.02. The standard InChI is InChI=1S/C19H17NO/c21-19-13-7-15-20(18-12-5-4-11-17(18)19)14-6-10-16-8-2-1-3-9-16/h1-5,8-9,11-12H,7,13-15H2. The molecule has 104 valence electrons. The number of Topliss-reactive ketones (excluding diaryl/α,β-unsaturated/α-hetero) is 1. The maximum absolute atomic E-state index is 12.1. The number of carbonyl (C=O) groups excluding carboxylic acids is 1. The van der Waals surface area contributed by atoms with Crippen LogP contribution in [-0.4, -0.2) is 18.9 Å². The van der Waals surface area contributed by atoms with Crippen molar-refractivity contribution < 1.29 is 4.79 Å². The van der Waals surface area contributed by atoms with Crippen LogP contribution in [0.1, 0.15) is 28.8 Å². The summed E-state index contributed by atoms with van der Waals surface area (Å²) in [5.74, 6) is 6.64. The molecule has 0 aliphatic carbocycles. The molecule has 0 saturated carbocycles. The van der Waals surface area contributed by atoms with Crippen molar-refractivity contribution in [2.75, 3.05) is 18.0 Å². The van der Waals surface area contributed by atoms with Gasteiger partial charge in [0.1, 0.15) is 0 Å². The van der Waals surface area contributed by atoms with E-state index in [0.717, 1.165) is 29.8 Å². The number of fused-ring (bicyclic) bond motifs is 1. The SMILES string of the molecule is O=C1CCCN(CC#Cc2ccccc2)c2ccccc21. The minimum Gasteiger partial charge on any atom is -0.360 e. The fourth-order valence-corrected chi connectivity index (χ4v) is 2.59. The molecule has 1 aliphatic heterocycles. The lowest BCUT2D eigenvalue weighted by atomic mass is 10.1. The summed E-state index contributed by atoms with van der Waals surface area (Å²) in [6, 6.07) is 17.8. The number of ketones is 1. The van der Waals surface area contributed by atoms with Gasteiger partial charge in [-0.2, -0.15) is 0 Å². The predicted molar refractivity (Wildman–Crippen MR) is 85.5 cm³/mol. The number of carbonyl (C=O) groups is 1. The highest BCUT2D eigenvalue weighted by Crippen LogP contribution is 2.25. The fraction of sp³-hybridized carbons (Fsp3) is 0.211. The number of hydrogen-bond donors (Lipinski definition) is 0. The van der Waals surface area contributed by atoms with E-state index in [-0.39, 0.29) is 5.78 Å². The van der Waals surface area contributed by atoms with Crippen molar-refractivity contribution in [3.8, 4) is 11.8 Å². The van der Waals surface area contributed by atoms with Crippen molar-refractivity contribution >= 4 is 11.5 Å². The Morgan fingerprint density at radius 2 is 1.76 bits per heavy atom. The van der Waals surface area contributed by atoms with Gasteiger partial charge in [-0.25, -0.2) is 0 Å². The Morgan fingerprint density at radius 3 is 2.62 bits per heavy atom. The number of para-hydroxylation sites is 1. The molecular weight excluding hydrogens is 258 g/mol. The highest BCUT2D eigenvalue weighted by molar-refractivity contribution is 6.02. The van der Waals surface area contributed by atoms with Crippen molar-refractivity contribution in [2.45, 2.75) is 12.8 Å². The molecule has 2 aromatic carbocycles. The minimum absolute atomic E-state index is 0.240. The first-order valence-corrected chi connectivity index (χ1v) is 7.26. The van der Waals surface area contributed by atoms with Crippen LogP contribution < -0.4 is 4.90 Å². The summed E-state index contributed by atoms with van der Waals surface area (Å²) < 4.78 is 0. The van der Waals surface area contributed by atoms with Gasteiger partial charge in [-0.05, 0) is 30.7 Å². The molecule has 0 fully saturated rings. The molecule has 0 unspecified atom stereocenters. The van der Waals surface area contributed by atoms with Gasteiger partial charge in [-0.15, -0.1) is 0 Å². The number of anilines is 1. The molecule has 21 heavy (non-hydrogen) atoms. The minimum atomic E-state index is 0.240. The molecular formula is C19H17NO. The predicted octanol–water partition coefficient (Wildman–Crippen LogP) is 3.52. The summed E-state index contributed by atoms with van der Waals surface area (Å²) >= 11 is 0. The van der Waals surface area contributed by atoms with Gasteiger partial charge in [0.15, 0.2) is 5.78 Å². The first-order chi connectivity index (χ1) is 10.3. The van der Waals surface area contributed by atoms with E-state index in [4.69, 9.17) is 0 Å². The highest BCUT2D eigenvalue weighted by atomic mass is 16.1. The van der Waals surface area contributed by atoms with Crippen LogP contribution in [0.4, 0.5) is 5.69 Å². The largest absolute Gasteiger partial charge is 0.360 e. The maximum atomic E-state index is 12.1. The van der Waals surface area contributed by atoms with Crippen molar-refractivity contribution in [3.05, 3.63) is 65.7 Å². The molecule has 0 amide bonds. The molecule has 0 saturated heterocycles. The van der Waals surface area contributed by atoms with E-state index in [1.165, 1.54) is 0 Å². The molecule has 2 aromatic rings. The highest BCUT2D eigenvalue weighted by Gasteiger charge is 2.19. The lowest BCUT2D eigenvalue weighted by Crippen LogP contribution is -2.24. The number of hydrogen-bond acceptors (Lipinski definition) is 2. The lowest BCUT2D eigenvalue weighted by molar-refractivity contribution is 0.0984. The van der Waals surface area contributed by atoms with Crippen molar-refractivity contribution in [2.24, 2.45) is 0 Å². The van der Waals surface area contributed by atoms with Crippen LogP contribution in [0.3, 0.4) is 0 Å². The second kappa shape index (κ2) is 6.28. The van der Waals surface area contributed by atoms with E-state index in [1.54, 1.807) is 0 Å². The molecule has 0 radical (unpaired) electrons. The van der Waals surface area contributed by atoms with Crippen LogP contribution in [0.15, 0.2) is 54.6 Å². The van der Waals surface area contributed by atoms with Crippen LogP contribution in [0, 0.1) is 11.8 Å². The first kappa shape index (κ1) is 13.5. The summed E-state index contributed by atoms with van der Waals surface area (Å²) in [5.41, 5.74) is 2.87. The molecule has 0 atom stereocenters. The second-order valence-electron chi connectivity index (χ2n) is 5.13. The quantitative estimate of drug-likeness (QED) is 0.742. The van der Waals surface area contributed by atoms with Crippen molar-refractivity contribution in [3.63, 3.8) is 0 Å². The topological polar surface area (TPSA) is 20.3 Å². The smallest absolute Gasteiger partial charge is 0.165 e. The molecule has 0 bridgehead atoms. The lowest BCUT2D eigenvalue weighted by Gasteiger charge is -2.21. The van der Waals surface area contributed by atoms with Gasteiger partial charge in [-0.3, -0.25) is 4.79 Å². The van der Waals surface area contributed by atoms with E-state index in [2.05, 4.69) is 16.7 Å². The van der Waals surface area contributed by atoms with Crippen LogP contribution >= 0.6 is 0 Å². The van der Waals surface area contributed by atoms with Gasteiger partial charge in [0.25, 0.3) is 0 Å². The third-order valence-electron chi connectivity index (χ3n) is 3.65. The van der Waals surface area contributed by atoms with E-state index in [1.807, 2.05) is 54.6 Å². The molecule has 0 spiro atoms. The third-order valence-corrected chi connectivity index (χ3v) is 3.65. The number of nitrogens with zero attached hydrogens (tertiary/aromatic N) is 1. The molecule has 0 aromatic heterocycles. The molecule has 0 N–H and O–H groups in total. The fourth-order valence-electron chi connectivity index (χ4n) is 2.59. The van der Waals surface area contributed by atoms with E-state index < -0.39 is 0 Å². The van der Waals surface area contributed by atoms with Crippen LogP contribution in [0.25, 0.3) is 0 Å². The second-order valence-corrected chi connectivity index (χ2v) is 5.13. The van der Waals surface area contributed by atoms with Gasteiger partial charge in [0.05, 0.1) is 6.54 Å². The van der Waals surface area contributed by atoms with Gasteiger partial charge in [0.2, 0.25) is 0 Å². The van der Waals surface area contributed by atoms with Crippen molar-refractivity contribution in [1.82, 2.24) is 0 Å².